The van der Waals surface area contributed by atoms with Gasteiger partial charge in [0.2, 0.25) is 6.79 Å². The van der Waals surface area contributed by atoms with Crippen molar-refractivity contribution in [3.8, 4) is 11.5 Å². The van der Waals surface area contributed by atoms with Crippen LogP contribution in [0, 0.1) is 10.1 Å². The minimum absolute atomic E-state index is 0.0292. The predicted octanol–water partition coefficient (Wildman–Crippen LogP) is 4.15. The second kappa shape index (κ2) is 5.88. The summed E-state index contributed by atoms with van der Waals surface area (Å²) >= 11 is 7.71. The van der Waals surface area contributed by atoms with Gasteiger partial charge in [-0.25, -0.2) is 4.98 Å². The van der Waals surface area contributed by atoms with Crippen LogP contribution in [0.5, 0.6) is 11.5 Å². The highest BCUT2D eigenvalue weighted by Gasteiger charge is 2.17. The van der Waals surface area contributed by atoms with Crippen molar-refractivity contribution in [1.29, 1.82) is 0 Å². The molecule has 0 bridgehead atoms. The van der Waals surface area contributed by atoms with Gasteiger partial charge in [0, 0.05) is 29.0 Å². The molecule has 1 aliphatic rings. The number of hydrogen-bond acceptors (Lipinski definition) is 6. The number of imidazole rings is 1. The summed E-state index contributed by atoms with van der Waals surface area (Å²) in [6.07, 6.45) is 0. The molecule has 122 valence electrons. The highest BCUT2D eigenvalue weighted by atomic mass is 35.5. The number of benzene rings is 2. The van der Waals surface area contributed by atoms with Crippen molar-refractivity contribution < 1.29 is 14.4 Å². The van der Waals surface area contributed by atoms with E-state index in [1.54, 1.807) is 12.1 Å². The highest BCUT2D eigenvalue weighted by Crippen LogP contribution is 2.38. The number of nitrogens with one attached hydrogen (secondary N) is 1. The summed E-state index contributed by atoms with van der Waals surface area (Å²) in [4.78, 5) is 17.9. The zero-order chi connectivity index (χ0) is 16.7. The summed E-state index contributed by atoms with van der Waals surface area (Å²) in [6.45, 7) is 0.199. The van der Waals surface area contributed by atoms with Gasteiger partial charge in [0.05, 0.1) is 16.0 Å². The number of aromatic amines is 1. The van der Waals surface area contributed by atoms with Crippen LogP contribution in [-0.2, 0) is 5.75 Å². The van der Waals surface area contributed by atoms with E-state index in [0.717, 1.165) is 5.56 Å². The number of nitrogens with zero attached hydrogens (tertiary/aromatic N) is 2. The average molecular weight is 364 g/mol. The molecule has 0 amide bonds. The van der Waals surface area contributed by atoms with Crippen molar-refractivity contribution in [2.75, 3.05) is 6.79 Å². The van der Waals surface area contributed by atoms with Crippen LogP contribution < -0.4 is 9.47 Å². The number of nitro benzene ring substituents is 1. The van der Waals surface area contributed by atoms with Crippen molar-refractivity contribution in [3.05, 3.63) is 51.0 Å². The zero-order valence-corrected chi connectivity index (χ0v) is 13.7. The first-order valence-corrected chi connectivity index (χ1v) is 8.31. The normalized spacial score (nSPS) is 12.7. The van der Waals surface area contributed by atoms with Crippen molar-refractivity contribution in [2.24, 2.45) is 0 Å². The number of nitro groups is 1. The summed E-state index contributed by atoms with van der Waals surface area (Å²) in [5.74, 6) is 1.90. The summed E-state index contributed by atoms with van der Waals surface area (Å²) in [6, 6.07) is 8.13. The molecule has 4 rings (SSSR count). The van der Waals surface area contributed by atoms with E-state index in [1.807, 2.05) is 6.07 Å². The van der Waals surface area contributed by atoms with Crippen LogP contribution in [-0.4, -0.2) is 21.7 Å². The molecule has 1 N–H and O–H groups in total. The van der Waals surface area contributed by atoms with Gasteiger partial charge in [0.25, 0.3) is 5.69 Å². The van der Waals surface area contributed by atoms with Gasteiger partial charge < -0.3 is 14.5 Å². The van der Waals surface area contributed by atoms with Gasteiger partial charge in [-0.2, -0.15) is 0 Å². The molecule has 7 nitrogen and oxygen atoms in total. The first kappa shape index (κ1) is 15.1. The molecule has 0 radical (unpaired) electrons. The number of thioether (sulfide) groups is 1. The van der Waals surface area contributed by atoms with E-state index in [9.17, 15) is 10.1 Å². The molecule has 3 aromatic rings. The monoisotopic (exact) mass is 363 g/mol. The first-order valence-electron chi connectivity index (χ1n) is 6.95. The molecule has 2 heterocycles. The number of halogens is 1. The standard InChI is InChI=1S/C15H10ClN3O4S/c16-10-5-14-13(22-7-23-14)3-8(10)6-24-15-17-11-2-1-9(19(20)21)4-12(11)18-15/h1-5H,6-7H2,(H,17,18). The van der Waals surface area contributed by atoms with Crippen molar-refractivity contribution in [3.63, 3.8) is 0 Å². The van der Waals surface area contributed by atoms with Gasteiger partial charge >= 0.3 is 0 Å². The Morgan fingerprint density at radius 2 is 2.08 bits per heavy atom. The molecule has 0 saturated carbocycles. The Hall–Kier alpha value is -2.45. The summed E-state index contributed by atoms with van der Waals surface area (Å²) in [5, 5.41) is 12.1. The van der Waals surface area contributed by atoms with Gasteiger partial charge in [-0.05, 0) is 17.7 Å². The Bertz CT molecular complexity index is 959. The number of hydrogen-bond donors (Lipinski definition) is 1. The maximum Gasteiger partial charge on any atom is 0.271 e. The van der Waals surface area contributed by atoms with Crippen molar-refractivity contribution >= 4 is 40.1 Å². The number of fused-ring (bicyclic) bond motifs is 2. The lowest BCUT2D eigenvalue weighted by Gasteiger charge is -2.04. The lowest BCUT2D eigenvalue weighted by molar-refractivity contribution is -0.384. The van der Waals surface area contributed by atoms with E-state index in [1.165, 1.54) is 23.9 Å². The van der Waals surface area contributed by atoms with Gasteiger partial charge in [-0.15, -0.1) is 0 Å². The SMILES string of the molecule is O=[N+]([O-])c1ccc2nc(SCc3cc4c(cc3Cl)OCO4)[nH]c2c1. The summed E-state index contributed by atoms with van der Waals surface area (Å²) in [5.41, 5.74) is 2.24. The third-order valence-electron chi connectivity index (χ3n) is 3.56. The first-order chi connectivity index (χ1) is 11.6. The van der Waals surface area contributed by atoms with Crippen LogP contribution in [0.25, 0.3) is 11.0 Å². The van der Waals surface area contributed by atoms with E-state index >= 15 is 0 Å². The lowest BCUT2D eigenvalue weighted by atomic mass is 10.2. The van der Waals surface area contributed by atoms with E-state index in [0.29, 0.717) is 38.5 Å². The van der Waals surface area contributed by atoms with Gasteiger partial charge in [0.15, 0.2) is 16.7 Å². The fourth-order valence-corrected chi connectivity index (χ4v) is 3.55. The Morgan fingerprint density at radius 1 is 1.29 bits per heavy atom. The third-order valence-corrected chi connectivity index (χ3v) is 4.83. The van der Waals surface area contributed by atoms with Crippen LogP contribution >= 0.6 is 23.4 Å². The van der Waals surface area contributed by atoms with E-state index in [2.05, 4.69) is 9.97 Å². The fourth-order valence-electron chi connectivity index (χ4n) is 2.37. The zero-order valence-electron chi connectivity index (χ0n) is 12.1. The second-order valence-electron chi connectivity index (χ2n) is 5.09. The fraction of sp³-hybridized carbons (Fsp3) is 0.133. The second-order valence-corrected chi connectivity index (χ2v) is 6.46. The molecular formula is C15H10ClN3O4S. The minimum Gasteiger partial charge on any atom is -0.454 e. The number of H-pyrrole nitrogens is 1. The topological polar surface area (TPSA) is 90.3 Å². The molecule has 24 heavy (non-hydrogen) atoms. The van der Waals surface area contributed by atoms with E-state index in [-0.39, 0.29) is 12.5 Å². The van der Waals surface area contributed by atoms with Crippen LogP contribution in [0.2, 0.25) is 5.02 Å². The van der Waals surface area contributed by atoms with Crippen LogP contribution in [0.4, 0.5) is 5.69 Å². The Kier molecular flexibility index (Phi) is 3.70. The smallest absolute Gasteiger partial charge is 0.271 e. The van der Waals surface area contributed by atoms with E-state index in [4.69, 9.17) is 21.1 Å². The Balaban J connectivity index is 1.56. The largest absolute Gasteiger partial charge is 0.454 e. The number of ether oxygens (including phenoxy) is 2. The summed E-state index contributed by atoms with van der Waals surface area (Å²) in [7, 11) is 0. The van der Waals surface area contributed by atoms with Crippen molar-refractivity contribution in [1.82, 2.24) is 9.97 Å². The molecule has 0 atom stereocenters. The molecular weight excluding hydrogens is 354 g/mol. The van der Waals surface area contributed by atoms with Gasteiger partial charge in [-0.1, -0.05) is 23.4 Å². The Labute approximate surface area is 145 Å². The summed E-state index contributed by atoms with van der Waals surface area (Å²) < 4.78 is 10.6. The maximum atomic E-state index is 10.8. The van der Waals surface area contributed by atoms with Gasteiger partial charge in [-0.3, -0.25) is 10.1 Å². The number of non-ortho nitro benzene ring substituents is 1. The average Bonchev–Trinajstić information content (AvgIpc) is 3.17. The molecule has 1 aromatic heterocycles. The molecule has 0 fully saturated rings. The minimum atomic E-state index is -0.431. The predicted molar refractivity (Wildman–Crippen MR) is 89.9 cm³/mol. The Morgan fingerprint density at radius 3 is 2.88 bits per heavy atom. The highest BCUT2D eigenvalue weighted by molar-refractivity contribution is 7.98. The van der Waals surface area contributed by atoms with Crippen LogP contribution in [0.3, 0.4) is 0 Å². The van der Waals surface area contributed by atoms with Crippen LogP contribution in [0.1, 0.15) is 5.56 Å². The molecule has 0 aliphatic carbocycles. The van der Waals surface area contributed by atoms with Crippen molar-refractivity contribution in [2.45, 2.75) is 10.9 Å². The molecule has 0 spiro atoms. The lowest BCUT2D eigenvalue weighted by Crippen LogP contribution is -1.92. The number of aromatic nitrogens is 2. The molecule has 1 aliphatic heterocycles. The quantitative estimate of drug-likeness (QED) is 0.425. The van der Waals surface area contributed by atoms with Gasteiger partial charge in [0.1, 0.15) is 0 Å². The molecule has 2 aromatic carbocycles. The molecule has 0 unspecified atom stereocenters. The van der Waals surface area contributed by atoms with Crippen LogP contribution in [0.15, 0.2) is 35.5 Å². The molecule has 9 heteroatoms. The molecule has 0 saturated heterocycles. The third kappa shape index (κ3) is 2.74. The number of rotatable bonds is 4. The van der Waals surface area contributed by atoms with E-state index < -0.39 is 4.92 Å². The maximum absolute atomic E-state index is 10.8.